The van der Waals surface area contributed by atoms with E-state index in [0.29, 0.717) is 5.75 Å². The molecule has 0 atom stereocenters. The summed E-state index contributed by atoms with van der Waals surface area (Å²) in [4.78, 5) is 10.4. The zero-order valence-corrected chi connectivity index (χ0v) is 13.4. The van der Waals surface area contributed by atoms with E-state index in [1.165, 1.54) is 25.3 Å². The molecule has 0 N–H and O–H groups in total. The Morgan fingerprint density at radius 3 is 2.48 bits per heavy atom. The number of halogens is 1. The van der Waals surface area contributed by atoms with Crippen LogP contribution in [0, 0.1) is 15.5 Å². The first-order valence-corrected chi connectivity index (χ1v) is 8.39. The third kappa shape index (κ3) is 5.76. The molecular formula is C12H16ClNO6S. The highest BCUT2D eigenvalue weighted by atomic mass is 35.7. The van der Waals surface area contributed by atoms with Crippen LogP contribution in [-0.4, -0.2) is 32.8 Å². The highest BCUT2D eigenvalue weighted by Crippen LogP contribution is 2.32. The third-order valence-corrected chi connectivity index (χ3v) is 4.00. The predicted molar refractivity (Wildman–Crippen MR) is 78.6 cm³/mol. The summed E-state index contributed by atoms with van der Waals surface area (Å²) in [6.07, 6.45) is 0. The van der Waals surface area contributed by atoms with Gasteiger partial charge in [0.1, 0.15) is 5.75 Å². The number of hydrogen-bond donors (Lipinski definition) is 0. The smallest absolute Gasteiger partial charge is 0.314 e. The lowest BCUT2D eigenvalue weighted by atomic mass is 9.98. The maximum Gasteiger partial charge on any atom is 0.314 e. The molecule has 0 unspecified atom stereocenters. The molecule has 0 aromatic heterocycles. The van der Waals surface area contributed by atoms with Crippen molar-refractivity contribution < 1.29 is 22.8 Å². The maximum absolute atomic E-state index is 11.1. The third-order valence-electron chi connectivity index (χ3n) is 2.54. The molecule has 118 valence electrons. The minimum Gasteiger partial charge on any atom is -0.496 e. The summed E-state index contributed by atoms with van der Waals surface area (Å²) >= 11 is 0. The molecule has 0 saturated carbocycles. The van der Waals surface area contributed by atoms with Gasteiger partial charge in [0, 0.05) is 16.1 Å². The first-order chi connectivity index (χ1) is 9.54. The minimum atomic E-state index is -3.68. The summed E-state index contributed by atoms with van der Waals surface area (Å²) in [6.45, 7) is 3.25. The van der Waals surface area contributed by atoms with E-state index in [1.54, 1.807) is 13.8 Å². The fourth-order valence-corrected chi connectivity index (χ4v) is 3.57. The van der Waals surface area contributed by atoms with Gasteiger partial charge in [0.2, 0.25) is 9.05 Å². The molecule has 0 aliphatic heterocycles. The van der Waals surface area contributed by atoms with Gasteiger partial charge in [-0.15, -0.1) is 0 Å². The van der Waals surface area contributed by atoms with Gasteiger partial charge in [0.05, 0.1) is 30.5 Å². The fourth-order valence-electron chi connectivity index (χ4n) is 1.67. The molecule has 0 saturated heterocycles. The van der Waals surface area contributed by atoms with E-state index in [0.717, 1.165) is 0 Å². The van der Waals surface area contributed by atoms with Gasteiger partial charge in [0.15, 0.2) is 5.75 Å². The van der Waals surface area contributed by atoms with Gasteiger partial charge in [-0.3, -0.25) is 10.1 Å². The van der Waals surface area contributed by atoms with Crippen LogP contribution in [0.15, 0.2) is 18.2 Å². The maximum atomic E-state index is 11.1. The number of methoxy groups -OCH3 is 1. The second-order valence-corrected chi connectivity index (χ2v) is 8.00. The van der Waals surface area contributed by atoms with Gasteiger partial charge in [-0.2, -0.15) is 0 Å². The topological polar surface area (TPSA) is 95.7 Å². The first kappa shape index (κ1) is 17.5. The molecular weight excluding hydrogens is 322 g/mol. The first-order valence-electron chi connectivity index (χ1n) is 5.92. The molecule has 1 aromatic rings. The van der Waals surface area contributed by atoms with Crippen LogP contribution in [0.25, 0.3) is 0 Å². The van der Waals surface area contributed by atoms with Crippen molar-refractivity contribution in [2.24, 2.45) is 5.41 Å². The van der Waals surface area contributed by atoms with E-state index < -0.39 is 19.4 Å². The molecule has 0 aliphatic rings. The van der Waals surface area contributed by atoms with Crippen molar-refractivity contribution >= 4 is 25.4 Å². The monoisotopic (exact) mass is 337 g/mol. The zero-order valence-electron chi connectivity index (χ0n) is 11.8. The molecule has 0 bridgehead atoms. The molecule has 0 aliphatic carbocycles. The van der Waals surface area contributed by atoms with Crippen LogP contribution in [-0.2, 0) is 9.05 Å². The fraction of sp³-hybridized carbons (Fsp3) is 0.500. The van der Waals surface area contributed by atoms with Gasteiger partial charge in [-0.1, -0.05) is 13.8 Å². The minimum absolute atomic E-state index is 0.0356. The lowest BCUT2D eigenvalue weighted by molar-refractivity contribution is -0.386. The molecule has 0 amide bonds. The number of hydrogen-bond acceptors (Lipinski definition) is 6. The highest BCUT2D eigenvalue weighted by Gasteiger charge is 2.27. The van der Waals surface area contributed by atoms with E-state index in [2.05, 4.69) is 0 Å². The molecule has 0 spiro atoms. The molecule has 0 heterocycles. The van der Waals surface area contributed by atoms with Gasteiger partial charge in [-0.05, 0) is 12.1 Å². The number of nitrogens with zero attached hydrogens (tertiary/aromatic N) is 1. The van der Waals surface area contributed by atoms with Crippen LogP contribution in [0.1, 0.15) is 13.8 Å². The summed E-state index contributed by atoms with van der Waals surface area (Å²) in [5.74, 6) is 0.0726. The van der Waals surface area contributed by atoms with Crippen molar-refractivity contribution in [1.82, 2.24) is 0 Å². The van der Waals surface area contributed by atoms with E-state index in [-0.39, 0.29) is 23.8 Å². The van der Waals surface area contributed by atoms with Crippen LogP contribution < -0.4 is 9.47 Å². The molecule has 1 aromatic carbocycles. The van der Waals surface area contributed by atoms with Gasteiger partial charge < -0.3 is 9.47 Å². The Kier molecular flexibility index (Phi) is 5.41. The van der Waals surface area contributed by atoms with Gasteiger partial charge >= 0.3 is 5.69 Å². The van der Waals surface area contributed by atoms with Crippen LogP contribution >= 0.6 is 10.7 Å². The summed E-state index contributed by atoms with van der Waals surface area (Å²) in [5.41, 5.74) is -1.03. The van der Waals surface area contributed by atoms with Crippen LogP contribution in [0.3, 0.4) is 0 Å². The molecule has 7 nitrogen and oxygen atoms in total. The Hall–Kier alpha value is -1.54. The standard InChI is InChI=1S/C12H16ClNO6S/c1-12(2,8-21(13,17)18)7-20-11-5-4-9(19-3)6-10(11)14(15)16/h4-6H,7-8H2,1-3H3. The Morgan fingerprint density at radius 2 is 2.00 bits per heavy atom. The summed E-state index contributed by atoms with van der Waals surface area (Å²) < 4.78 is 32.5. The van der Waals surface area contributed by atoms with E-state index in [9.17, 15) is 18.5 Å². The predicted octanol–water partition coefficient (Wildman–Crippen LogP) is 2.58. The SMILES string of the molecule is COc1ccc(OCC(C)(C)CS(=O)(=O)Cl)c([N+](=O)[O-])c1. The Labute approximate surface area is 127 Å². The molecule has 21 heavy (non-hydrogen) atoms. The molecule has 0 radical (unpaired) electrons. The van der Waals surface area contributed by atoms with Crippen LogP contribution in [0.2, 0.25) is 0 Å². The van der Waals surface area contributed by atoms with E-state index in [4.69, 9.17) is 20.2 Å². The normalized spacial score (nSPS) is 12.0. The van der Waals surface area contributed by atoms with Crippen molar-refractivity contribution in [2.45, 2.75) is 13.8 Å². The Balaban J connectivity index is 2.91. The van der Waals surface area contributed by atoms with Gasteiger partial charge in [0.25, 0.3) is 0 Å². The number of nitro benzene ring substituents is 1. The van der Waals surface area contributed by atoms with Crippen molar-refractivity contribution in [3.63, 3.8) is 0 Å². The second kappa shape index (κ2) is 6.48. The largest absolute Gasteiger partial charge is 0.496 e. The summed E-state index contributed by atoms with van der Waals surface area (Å²) in [5, 5.41) is 11.0. The van der Waals surface area contributed by atoms with E-state index in [1.807, 2.05) is 0 Å². The highest BCUT2D eigenvalue weighted by molar-refractivity contribution is 8.13. The van der Waals surface area contributed by atoms with E-state index >= 15 is 0 Å². The number of nitro groups is 1. The lowest BCUT2D eigenvalue weighted by Crippen LogP contribution is -2.28. The quantitative estimate of drug-likeness (QED) is 0.431. The Bertz CT molecular complexity index is 629. The van der Waals surface area contributed by atoms with Crippen molar-refractivity contribution in [2.75, 3.05) is 19.5 Å². The Morgan fingerprint density at radius 1 is 1.38 bits per heavy atom. The molecule has 0 fully saturated rings. The van der Waals surface area contributed by atoms with Gasteiger partial charge in [-0.25, -0.2) is 8.42 Å². The average molecular weight is 338 g/mol. The molecule has 1 rings (SSSR count). The zero-order chi connectivity index (χ0) is 16.3. The lowest BCUT2D eigenvalue weighted by Gasteiger charge is -2.22. The number of benzene rings is 1. The number of rotatable bonds is 7. The second-order valence-electron chi connectivity index (χ2n) is 5.23. The summed E-state index contributed by atoms with van der Waals surface area (Å²) in [7, 11) is 2.92. The van der Waals surface area contributed by atoms with Crippen molar-refractivity contribution in [1.29, 1.82) is 0 Å². The number of ether oxygens (including phenoxy) is 2. The molecule has 9 heteroatoms. The van der Waals surface area contributed by atoms with Crippen molar-refractivity contribution in [3.05, 3.63) is 28.3 Å². The van der Waals surface area contributed by atoms with Crippen molar-refractivity contribution in [3.8, 4) is 11.5 Å². The van der Waals surface area contributed by atoms with Crippen LogP contribution in [0.5, 0.6) is 11.5 Å². The average Bonchev–Trinajstić information content (AvgIpc) is 2.33. The van der Waals surface area contributed by atoms with Crippen LogP contribution in [0.4, 0.5) is 5.69 Å². The summed E-state index contributed by atoms with van der Waals surface area (Å²) in [6, 6.07) is 4.16.